The van der Waals surface area contributed by atoms with Crippen LogP contribution in [0.1, 0.15) is 11.5 Å². The third kappa shape index (κ3) is 2.83. The van der Waals surface area contributed by atoms with E-state index in [0.717, 1.165) is 5.56 Å². The number of amides is 1. The van der Waals surface area contributed by atoms with Gasteiger partial charge in [0.2, 0.25) is 17.7 Å². The maximum Gasteiger partial charge on any atom is 0.328 e. The molecule has 0 fully saturated rings. The highest BCUT2D eigenvalue weighted by molar-refractivity contribution is 5.92. The van der Waals surface area contributed by atoms with Crippen LogP contribution in [0.4, 0.5) is 10.7 Å². The van der Waals surface area contributed by atoms with Gasteiger partial charge in [0.1, 0.15) is 17.5 Å². The smallest absolute Gasteiger partial charge is 0.328 e. The van der Waals surface area contributed by atoms with Gasteiger partial charge in [0, 0.05) is 13.5 Å². The maximum atomic E-state index is 12.5. The van der Waals surface area contributed by atoms with Crippen molar-refractivity contribution in [1.29, 1.82) is 0 Å². The molecule has 3 aromatic heterocycles. The molecule has 1 aromatic carbocycles. The van der Waals surface area contributed by atoms with Gasteiger partial charge in [0.25, 0.3) is 0 Å². The largest absolute Gasteiger partial charge is 0.368 e. The first-order valence-electron chi connectivity index (χ1n) is 7.75. The molecule has 0 aliphatic heterocycles. The van der Waals surface area contributed by atoms with Crippen molar-refractivity contribution in [2.75, 3.05) is 5.73 Å². The van der Waals surface area contributed by atoms with Crippen molar-refractivity contribution in [2.45, 2.75) is 13.5 Å². The Morgan fingerprint density at radius 3 is 2.77 bits per heavy atom. The fourth-order valence-corrected chi connectivity index (χ4v) is 2.48. The first-order valence-corrected chi connectivity index (χ1v) is 7.75. The summed E-state index contributed by atoms with van der Waals surface area (Å²) in [6.45, 7) is 2.03. The molecule has 10 heteroatoms. The number of anilines is 1. The Hall–Kier alpha value is -3.82. The molecule has 26 heavy (non-hydrogen) atoms. The van der Waals surface area contributed by atoms with Crippen molar-refractivity contribution >= 4 is 23.1 Å². The van der Waals surface area contributed by atoms with Gasteiger partial charge in [-0.15, -0.1) is 0 Å². The van der Waals surface area contributed by atoms with Crippen molar-refractivity contribution in [3.8, 4) is 11.5 Å². The van der Waals surface area contributed by atoms with Crippen molar-refractivity contribution in [2.24, 2.45) is 0 Å². The lowest BCUT2D eigenvalue weighted by Crippen LogP contribution is -2.27. The lowest BCUT2D eigenvalue weighted by molar-refractivity contribution is 0.242. The molecule has 1 amide bonds. The number of carbonyl (C=O) groups is 1. The molecule has 0 aliphatic carbocycles. The van der Waals surface area contributed by atoms with E-state index in [1.54, 1.807) is 6.92 Å². The molecule has 0 saturated heterocycles. The Bertz CT molecular complexity index is 1090. The van der Waals surface area contributed by atoms with E-state index in [4.69, 9.17) is 10.3 Å². The van der Waals surface area contributed by atoms with Crippen LogP contribution in [0.5, 0.6) is 0 Å². The van der Waals surface area contributed by atoms with Crippen LogP contribution in [-0.4, -0.2) is 35.7 Å². The van der Waals surface area contributed by atoms with Crippen LogP contribution < -0.4 is 11.1 Å². The maximum absolute atomic E-state index is 12.5. The van der Waals surface area contributed by atoms with Gasteiger partial charge in [0.05, 0.1) is 0 Å². The molecular weight excluding hydrogens is 336 g/mol. The topological polar surface area (TPSA) is 138 Å². The fraction of sp³-hybridized carbons (Fsp3) is 0.125. The van der Waals surface area contributed by atoms with Crippen LogP contribution in [0.15, 0.2) is 41.2 Å². The Morgan fingerprint density at radius 1 is 1.23 bits per heavy atom. The Balaban J connectivity index is 1.68. The first-order chi connectivity index (χ1) is 12.6. The molecule has 3 N–H and O–H groups in total. The zero-order valence-electron chi connectivity index (χ0n) is 13.7. The number of rotatable bonds is 3. The average Bonchev–Trinajstić information content (AvgIpc) is 3.26. The predicted octanol–water partition coefficient (Wildman–Crippen LogP) is 1.52. The number of aryl methyl sites for hydroxylation is 1. The normalized spacial score (nSPS) is 11.0. The van der Waals surface area contributed by atoms with E-state index >= 15 is 0 Å². The average molecular weight is 350 g/mol. The number of hydrogen-bond acceptors (Lipinski definition) is 8. The van der Waals surface area contributed by atoms with E-state index in [9.17, 15) is 4.79 Å². The molecule has 4 aromatic rings. The van der Waals surface area contributed by atoms with Crippen LogP contribution in [0.25, 0.3) is 22.7 Å². The minimum atomic E-state index is -0.385. The third-order valence-electron chi connectivity index (χ3n) is 3.66. The predicted molar refractivity (Wildman–Crippen MR) is 91.8 cm³/mol. The quantitative estimate of drug-likeness (QED) is 0.567. The van der Waals surface area contributed by atoms with Gasteiger partial charge in [0.15, 0.2) is 5.65 Å². The Kier molecular flexibility index (Phi) is 3.77. The van der Waals surface area contributed by atoms with Gasteiger partial charge in [-0.05, 0) is 5.56 Å². The fourth-order valence-electron chi connectivity index (χ4n) is 2.48. The molecule has 0 bridgehead atoms. The highest BCUT2D eigenvalue weighted by Crippen LogP contribution is 2.23. The van der Waals surface area contributed by atoms with Gasteiger partial charge in [-0.3, -0.25) is 0 Å². The number of imidazole rings is 1. The van der Waals surface area contributed by atoms with Gasteiger partial charge >= 0.3 is 6.03 Å². The summed E-state index contributed by atoms with van der Waals surface area (Å²) in [7, 11) is 0. The summed E-state index contributed by atoms with van der Waals surface area (Å²) in [6, 6.07) is 9.18. The standard InChI is InChI=1S/C16H14N8O2/c1-9-20-13(23-26-9)11-12-14(22-15(17)21-11)24(8-19-12)16(25)18-7-10-5-3-2-4-6-10/h2-6,8H,7H2,1H3,(H,18,25)(H2,17,21,22). The number of fused-ring (bicyclic) bond motifs is 1. The highest BCUT2D eigenvalue weighted by atomic mass is 16.5. The van der Waals surface area contributed by atoms with Crippen molar-refractivity contribution < 1.29 is 9.32 Å². The third-order valence-corrected chi connectivity index (χ3v) is 3.66. The summed E-state index contributed by atoms with van der Waals surface area (Å²) in [5, 5.41) is 6.63. The highest BCUT2D eigenvalue weighted by Gasteiger charge is 2.20. The number of nitrogens with two attached hydrogens (primary N) is 1. The van der Waals surface area contributed by atoms with Crippen LogP contribution in [-0.2, 0) is 6.54 Å². The van der Waals surface area contributed by atoms with Crippen molar-refractivity contribution in [3.63, 3.8) is 0 Å². The number of benzene rings is 1. The molecule has 0 aliphatic rings. The Labute approximate surface area is 147 Å². The lowest BCUT2D eigenvalue weighted by Gasteiger charge is -2.06. The minimum Gasteiger partial charge on any atom is -0.368 e. The minimum absolute atomic E-state index is 0.0208. The number of aromatic nitrogens is 6. The molecule has 10 nitrogen and oxygen atoms in total. The second-order valence-electron chi connectivity index (χ2n) is 5.50. The van der Waals surface area contributed by atoms with E-state index in [1.165, 1.54) is 10.9 Å². The van der Waals surface area contributed by atoms with Gasteiger partial charge < -0.3 is 15.6 Å². The second-order valence-corrected chi connectivity index (χ2v) is 5.50. The molecule has 4 rings (SSSR count). The molecule has 3 heterocycles. The van der Waals surface area contributed by atoms with Crippen LogP contribution in [0.2, 0.25) is 0 Å². The number of nitrogens with one attached hydrogen (secondary N) is 1. The molecule has 0 saturated carbocycles. The monoisotopic (exact) mass is 350 g/mol. The molecule has 0 unspecified atom stereocenters. The Morgan fingerprint density at radius 2 is 2.04 bits per heavy atom. The number of nitrogen functional groups attached to an aromatic ring is 1. The van der Waals surface area contributed by atoms with E-state index < -0.39 is 0 Å². The van der Waals surface area contributed by atoms with Gasteiger partial charge in [-0.1, -0.05) is 35.5 Å². The van der Waals surface area contributed by atoms with E-state index in [0.29, 0.717) is 23.6 Å². The first kappa shape index (κ1) is 15.7. The zero-order chi connectivity index (χ0) is 18.1. The molecule has 0 atom stereocenters. The molecule has 0 radical (unpaired) electrons. The molecule has 130 valence electrons. The van der Waals surface area contributed by atoms with Gasteiger partial charge in [-0.25, -0.2) is 19.3 Å². The summed E-state index contributed by atoms with van der Waals surface area (Å²) < 4.78 is 6.24. The molecular formula is C16H14N8O2. The second kappa shape index (κ2) is 6.24. The van der Waals surface area contributed by atoms with E-state index in [-0.39, 0.29) is 23.5 Å². The molecule has 0 spiro atoms. The van der Waals surface area contributed by atoms with Crippen molar-refractivity contribution in [1.82, 2.24) is 35.0 Å². The zero-order valence-corrected chi connectivity index (χ0v) is 13.7. The summed E-state index contributed by atoms with van der Waals surface area (Å²) in [5.74, 6) is 0.592. The van der Waals surface area contributed by atoms with Crippen LogP contribution in [0.3, 0.4) is 0 Å². The van der Waals surface area contributed by atoms with E-state index in [1.807, 2.05) is 30.3 Å². The van der Waals surface area contributed by atoms with Crippen LogP contribution in [0, 0.1) is 6.92 Å². The lowest BCUT2D eigenvalue weighted by atomic mass is 10.2. The van der Waals surface area contributed by atoms with Crippen molar-refractivity contribution in [3.05, 3.63) is 48.1 Å². The van der Waals surface area contributed by atoms with Gasteiger partial charge in [-0.2, -0.15) is 9.97 Å². The number of carbonyl (C=O) groups excluding carboxylic acids is 1. The van der Waals surface area contributed by atoms with Crippen LogP contribution >= 0.6 is 0 Å². The SMILES string of the molecule is Cc1nc(-c2nc(N)nc3c2ncn3C(=O)NCc2ccccc2)no1. The summed E-state index contributed by atoms with van der Waals surface area (Å²) in [5.41, 5.74) is 7.68. The summed E-state index contributed by atoms with van der Waals surface area (Å²) >= 11 is 0. The number of hydrogen-bond donors (Lipinski definition) is 2. The summed E-state index contributed by atoms with van der Waals surface area (Å²) in [4.78, 5) is 29.1. The number of nitrogens with zero attached hydrogens (tertiary/aromatic N) is 6. The summed E-state index contributed by atoms with van der Waals surface area (Å²) in [6.07, 6.45) is 1.36. The van der Waals surface area contributed by atoms with E-state index in [2.05, 4.69) is 30.4 Å².